The number of nitriles is 1. The summed E-state index contributed by atoms with van der Waals surface area (Å²) in [5.74, 6) is 1.18. The van der Waals surface area contributed by atoms with E-state index in [9.17, 15) is 4.79 Å². The Bertz CT molecular complexity index is 1940. The van der Waals surface area contributed by atoms with Crippen molar-refractivity contribution in [2.45, 2.75) is 32.0 Å². The van der Waals surface area contributed by atoms with Gasteiger partial charge in [-0.25, -0.2) is 15.0 Å². The number of halogens is 2. The number of methoxy groups -OCH3 is 1. The number of carbonyl (C=O) groups is 1. The van der Waals surface area contributed by atoms with Crippen LogP contribution in [0.4, 0.5) is 11.5 Å². The first-order chi connectivity index (χ1) is 22.4. The number of anilines is 2. The van der Waals surface area contributed by atoms with Gasteiger partial charge in [0, 0.05) is 60.5 Å². The van der Waals surface area contributed by atoms with E-state index in [0.29, 0.717) is 59.2 Å². The minimum absolute atomic E-state index is 0.0977. The van der Waals surface area contributed by atoms with E-state index >= 15 is 0 Å². The topological polar surface area (TPSA) is 137 Å². The normalized spacial score (nSPS) is 14.3. The highest BCUT2D eigenvalue weighted by molar-refractivity contribution is 7.18. The van der Waals surface area contributed by atoms with Gasteiger partial charge in [0.2, 0.25) is 11.8 Å². The summed E-state index contributed by atoms with van der Waals surface area (Å²) in [6, 6.07) is 19.5. The summed E-state index contributed by atoms with van der Waals surface area (Å²) >= 11 is 15.6. The van der Waals surface area contributed by atoms with Gasteiger partial charge in [-0.05, 0) is 24.6 Å². The zero-order valence-electron chi connectivity index (χ0n) is 24.9. The van der Waals surface area contributed by atoms with Gasteiger partial charge in [-0.3, -0.25) is 10.1 Å². The van der Waals surface area contributed by atoms with Crippen molar-refractivity contribution in [1.29, 1.82) is 5.26 Å². The first kappa shape index (κ1) is 31.7. The fourth-order valence-electron chi connectivity index (χ4n) is 5.34. The van der Waals surface area contributed by atoms with Gasteiger partial charge in [-0.2, -0.15) is 5.26 Å². The predicted molar refractivity (Wildman–Crippen MR) is 183 cm³/mol. The van der Waals surface area contributed by atoms with Crippen molar-refractivity contribution in [2.24, 2.45) is 0 Å². The van der Waals surface area contributed by atoms with Crippen LogP contribution in [0.5, 0.6) is 5.88 Å². The van der Waals surface area contributed by atoms with Gasteiger partial charge in [0.25, 0.3) is 0 Å². The largest absolute Gasteiger partial charge is 0.481 e. The van der Waals surface area contributed by atoms with Gasteiger partial charge in [0.1, 0.15) is 10.5 Å². The molecule has 0 spiro atoms. The molecule has 0 bridgehead atoms. The maximum Gasteiger partial charge on any atom is 0.220 e. The van der Waals surface area contributed by atoms with Crippen LogP contribution in [0.2, 0.25) is 10.0 Å². The van der Waals surface area contributed by atoms with E-state index in [2.05, 4.69) is 32.3 Å². The molecule has 0 saturated carbocycles. The van der Waals surface area contributed by atoms with Crippen LogP contribution in [-0.2, 0) is 17.9 Å². The summed E-state index contributed by atoms with van der Waals surface area (Å²) in [5, 5.41) is 23.4. The van der Waals surface area contributed by atoms with Crippen molar-refractivity contribution in [2.75, 3.05) is 25.5 Å². The molecule has 0 unspecified atom stereocenters. The van der Waals surface area contributed by atoms with Crippen LogP contribution < -0.4 is 26.0 Å². The molecular weight excluding hydrogens is 643 g/mol. The number of nitrogens with zero attached hydrogens (tertiary/aromatic N) is 4. The van der Waals surface area contributed by atoms with Crippen molar-refractivity contribution in [3.63, 3.8) is 0 Å². The number of fused-ring (bicyclic) bond motifs is 1. The van der Waals surface area contributed by atoms with Crippen LogP contribution >= 0.6 is 34.5 Å². The lowest BCUT2D eigenvalue weighted by Crippen LogP contribution is -2.35. The zero-order chi connectivity index (χ0) is 32.0. The van der Waals surface area contributed by atoms with E-state index in [1.165, 1.54) is 0 Å². The molecule has 1 amide bonds. The summed E-state index contributed by atoms with van der Waals surface area (Å²) in [7, 11) is 1.59. The summed E-state index contributed by atoms with van der Waals surface area (Å²) in [4.78, 5) is 25.5. The van der Waals surface area contributed by atoms with Gasteiger partial charge >= 0.3 is 0 Å². The summed E-state index contributed by atoms with van der Waals surface area (Å²) in [6.45, 7) is 1.98. The summed E-state index contributed by atoms with van der Waals surface area (Å²) in [5.41, 5.74) is 5.20. The van der Waals surface area contributed by atoms with Crippen molar-refractivity contribution in [3.8, 4) is 34.3 Å². The maximum absolute atomic E-state index is 11.5. The molecule has 3 aromatic heterocycles. The molecule has 234 valence electrons. The van der Waals surface area contributed by atoms with E-state index < -0.39 is 0 Å². The molecule has 1 aliphatic rings. The number of amides is 1. The lowest BCUT2D eigenvalue weighted by molar-refractivity contribution is -0.119. The third-order valence-corrected chi connectivity index (χ3v) is 9.41. The molecule has 1 atom stereocenters. The first-order valence-corrected chi connectivity index (χ1v) is 16.2. The van der Waals surface area contributed by atoms with Gasteiger partial charge < -0.3 is 20.7 Å². The highest BCUT2D eigenvalue weighted by Crippen LogP contribution is 2.42. The summed E-state index contributed by atoms with van der Waals surface area (Å²) < 4.78 is 6.60. The Hall–Kier alpha value is -4.31. The molecule has 4 N–H and O–H groups in total. The van der Waals surface area contributed by atoms with E-state index in [4.69, 9.17) is 43.2 Å². The molecule has 1 saturated heterocycles. The smallest absolute Gasteiger partial charge is 0.220 e. The first-order valence-electron chi connectivity index (χ1n) is 14.7. The number of carbonyl (C=O) groups excluding carboxylic acids is 1. The average molecular weight is 674 g/mol. The van der Waals surface area contributed by atoms with Crippen LogP contribution in [0, 0.1) is 11.3 Å². The third-order valence-electron chi connectivity index (χ3n) is 7.57. The second kappa shape index (κ2) is 14.4. The van der Waals surface area contributed by atoms with Crippen LogP contribution in [0.1, 0.15) is 23.4 Å². The van der Waals surface area contributed by atoms with Crippen LogP contribution in [0.25, 0.3) is 32.6 Å². The van der Waals surface area contributed by atoms with Crippen molar-refractivity contribution < 1.29 is 9.53 Å². The molecule has 0 radical (unpaired) electrons. The molecule has 46 heavy (non-hydrogen) atoms. The fourth-order valence-corrected chi connectivity index (χ4v) is 6.87. The minimum Gasteiger partial charge on any atom is -0.481 e. The van der Waals surface area contributed by atoms with Gasteiger partial charge in [0.15, 0.2) is 5.82 Å². The number of rotatable bonds is 12. The Morgan fingerprint density at radius 2 is 1.83 bits per heavy atom. The number of nitrogens with one attached hydrogen (secondary N) is 4. The predicted octanol–water partition coefficient (Wildman–Crippen LogP) is 6.46. The second-order valence-corrected chi connectivity index (χ2v) is 12.5. The molecular formula is C33H30Cl2N8O2S. The van der Waals surface area contributed by atoms with Gasteiger partial charge in [-0.15, -0.1) is 11.3 Å². The highest BCUT2D eigenvalue weighted by atomic mass is 35.5. The molecule has 5 aromatic rings. The molecule has 0 aliphatic carbocycles. The SMILES string of the molecule is COc1nc(-c2cccc(-c3cccc(Nc4nccc5sc(CNCC#N)nc45)c3Cl)c2Cl)ccc1CNC[C@@H]1CCC(=O)N1. The summed E-state index contributed by atoms with van der Waals surface area (Å²) in [6.07, 6.45) is 3.13. The number of benzene rings is 2. The maximum atomic E-state index is 11.5. The molecule has 4 heterocycles. The van der Waals surface area contributed by atoms with E-state index in [0.717, 1.165) is 43.9 Å². The van der Waals surface area contributed by atoms with E-state index in [1.54, 1.807) is 24.6 Å². The lowest BCUT2D eigenvalue weighted by Gasteiger charge is -2.16. The van der Waals surface area contributed by atoms with E-state index in [-0.39, 0.29) is 18.5 Å². The van der Waals surface area contributed by atoms with Crippen molar-refractivity contribution in [3.05, 3.63) is 81.4 Å². The highest BCUT2D eigenvalue weighted by Gasteiger charge is 2.21. The Morgan fingerprint density at radius 1 is 1.02 bits per heavy atom. The molecule has 13 heteroatoms. The number of ether oxygens (including phenoxy) is 1. The lowest BCUT2D eigenvalue weighted by atomic mass is 10.00. The molecule has 6 rings (SSSR count). The van der Waals surface area contributed by atoms with E-state index in [1.807, 2.05) is 54.6 Å². The van der Waals surface area contributed by atoms with Gasteiger partial charge in [0.05, 0.1) is 45.9 Å². The third kappa shape index (κ3) is 6.92. The van der Waals surface area contributed by atoms with Gasteiger partial charge in [-0.1, -0.05) is 59.6 Å². The number of thiazole rings is 1. The number of aromatic nitrogens is 3. The monoisotopic (exact) mass is 672 g/mol. The second-order valence-electron chi connectivity index (χ2n) is 10.6. The molecule has 10 nitrogen and oxygen atoms in total. The Labute approximate surface area is 280 Å². The fraction of sp³-hybridized carbons (Fsp3) is 0.242. The zero-order valence-corrected chi connectivity index (χ0v) is 27.2. The number of hydrogen-bond acceptors (Lipinski definition) is 10. The number of hydrogen-bond donors (Lipinski definition) is 4. The minimum atomic E-state index is 0.0977. The molecule has 1 aliphatic heterocycles. The molecule has 2 aromatic carbocycles. The Balaban J connectivity index is 1.24. The Kier molecular flexibility index (Phi) is 9.92. The van der Waals surface area contributed by atoms with Crippen LogP contribution in [-0.4, -0.2) is 47.1 Å². The van der Waals surface area contributed by atoms with Crippen molar-refractivity contribution in [1.82, 2.24) is 30.9 Å². The molecule has 1 fully saturated rings. The standard InChI is InChI=1S/C33H30Cl2N8O2S/c1-45-33-19(16-38-17-20-9-11-27(44)40-20)8-10-24(42-33)23-6-2-4-21(29(23)34)22-5-3-7-25(30(22)35)41-32-31-26(12-14-39-32)46-28(43-31)18-37-15-13-36/h2-8,10,12,14,20,37-38H,9,11,15-18H2,1H3,(H,39,41)(H,40,44)/t20-/m0/s1. The van der Waals surface area contributed by atoms with Crippen molar-refractivity contribution >= 4 is 62.2 Å². The van der Waals surface area contributed by atoms with Crippen LogP contribution in [0.3, 0.4) is 0 Å². The quantitative estimate of drug-likeness (QED) is 0.0869. The Morgan fingerprint density at radius 3 is 2.61 bits per heavy atom. The average Bonchev–Trinajstić information content (AvgIpc) is 3.68. The van der Waals surface area contributed by atoms with Crippen LogP contribution in [0.15, 0.2) is 60.8 Å². The number of pyridine rings is 2.